The third-order valence-electron chi connectivity index (χ3n) is 2.11. The minimum absolute atomic E-state index is 0. The van der Waals surface area contributed by atoms with Crippen molar-refractivity contribution in [3.8, 4) is 0 Å². The topological polar surface area (TPSA) is 3.88 Å². The standard InChI is InChI=1S/C11H12NS.BrH/c1-3-8-12-9(2)13-11-7-5-4-6-10(11)12;/h3-7H,1,8H2,2H3;1H/q+1;/p-1. The first-order chi connectivity index (χ1) is 6.33. The van der Waals surface area contributed by atoms with E-state index in [1.165, 1.54) is 15.2 Å². The Morgan fingerprint density at radius 3 is 2.86 bits per heavy atom. The van der Waals surface area contributed by atoms with Crippen LogP contribution >= 0.6 is 11.3 Å². The number of halogens is 1. The molecule has 0 bridgehead atoms. The predicted octanol–water partition coefficient (Wildman–Crippen LogP) is -0.313. The number of aryl methyl sites for hydroxylation is 1. The largest absolute Gasteiger partial charge is 1.00 e. The first-order valence-electron chi connectivity index (χ1n) is 4.32. The number of hydrogen-bond donors (Lipinski definition) is 0. The van der Waals surface area contributed by atoms with Crippen molar-refractivity contribution in [2.24, 2.45) is 0 Å². The van der Waals surface area contributed by atoms with E-state index < -0.39 is 0 Å². The summed E-state index contributed by atoms with van der Waals surface area (Å²) >= 11 is 1.83. The molecule has 0 aliphatic heterocycles. The molecule has 0 radical (unpaired) electrons. The van der Waals surface area contributed by atoms with E-state index in [1.807, 2.05) is 17.4 Å². The van der Waals surface area contributed by atoms with E-state index in [1.54, 1.807) is 0 Å². The van der Waals surface area contributed by atoms with Crippen LogP contribution in [0.4, 0.5) is 0 Å². The molecular weight excluding hydrogens is 258 g/mol. The molecule has 14 heavy (non-hydrogen) atoms. The zero-order chi connectivity index (χ0) is 9.26. The van der Waals surface area contributed by atoms with E-state index in [0.717, 1.165) is 6.54 Å². The van der Waals surface area contributed by atoms with Gasteiger partial charge in [-0.2, -0.15) is 4.57 Å². The number of rotatable bonds is 2. The van der Waals surface area contributed by atoms with Crippen LogP contribution in [0.25, 0.3) is 10.2 Å². The third-order valence-corrected chi connectivity index (χ3v) is 3.19. The lowest BCUT2D eigenvalue weighted by molar-refractivity contribution is -0.662. The number of aromatic nitrogens is 1. The molecule has 0 aliphatic rings. The van der Waals surface area contributed by atoms with E-state index in [-0.39, 0.29) is 17.0 Å². The van der Waals surface area contributed by atoms with Gasteiger partial charge in [0.05, 0.1) is 0 Å². The van der Waals surface area contributed by atoms with E-state index in [9.17, 15) is 0 Å². The highest BCUT2D eigenvalue weighted by Gasteiger charge is 2.13. The highest BCUT2D eigenvalue weighted by atomic mass is 79.9. The summed E-state index contributed by atoms with van der Waals surface area (Å²) in [6.07, 6.45) is 1.94. The maximum atomic E-state index is 3.77. The Bertz CT molecular complexity index is 447. The predicted molar refractivity (Wildman–Crippen MR) is 57.0 cm³/mol. The van der Waals surface area contributed by atoms with Crippen LogP contribution in [0.3, 0.4) is 0 Å². The Morgan fingerprint density at radius 2 is 2.14 bits per heavy atom. The Hall–Kier alpha value is -0.670. The summed E-state index contributed by atoms with van der Waals surface area (Å²) in [4.78, 5) is 0. The molecule has 0 saturated carbocycles. The Balaban J connectivity index is 0.000000980. The third kappa shape index (κ3) is 1.88. The van der Waals surface area contributed by atoms with Gasteiger partial charge in [-0.1, -0.05) is 30.0 Å². The van der Waals surface area contributed by atoms with Crippen LogP contribution in [-0.2, 0) is 6.54 Å². The van der Waals surface area contributed by atoms with Gasteiger partial charge in [0.15, 0.2) is 6.54 Å². The number of thiazole rings is 1. The molecule has 2 aromatic rings. The van der Waals surface area contributed by atoms with Gasteiger partial charge in [-0.15, -0.1) is 0 Å². The molecule has 0 amide bonds. The van der Waals surface area contributed by atoms with Gasteiger partial charge in [0, 0.05) is 13.0 Å². The van der Waals surface area contributed by atoms with Gasteiger partial charge in [0.1, 0.15) is 4.70 Å². The second-order valence-electron chi connectivity index (χ2n) is 2.99. The number of hydrogen-bond acceptors (Lipinski definition) is 1. The van der Waals surface area contributed by atoms with Crippen molar-refractivity contribution in [3.63, 3.8) is 0 Å². The number of benzene rings is 1. The van der Waals surface area contributed by atoms with Crippen molar-refractivity contribution in [1.29, 1.82) is 0 Å². The Morgan fingerprint density at radius 1 is 1.43 bits per heavy atom. The summed E-state index contributed by atoms with van der Waals surface area (Å²) in [7, 11) is 0. The monoisotopic (exact) mass is 269 g/mol. The van der Waals surface area contributed by atoms with Crippen LogP contribution in [0.15, 0.2) is 36.9 Å². The average Bonchev–Trinajstić information content (AvgIpc) is 2.44. The molecule has 3 heteroatoms. The fourth-order valence-corrected chi connectivity index (χ4v) is 2.54. The summed E-state index contributed by atoms with van der Waals surface area (Å²) in [6, 6.07) is 8.47. The second kappa shape index (κ2) is 4.71. The van der Waals surface area contributed by atoms with Gasteiger partial charge in [-0.25, -0.2) is 0 Å². The highest BCUT2D eigenvalue weighted by molar-refractivity contribution is 7.18. The number of fused-ring (bicyclic) bond motifs is 1. The van der Waals surface area contributed by atoms with Gasteiger partial charge in [0.25, 0.3) is 0 Å². The van der Waals surface area contributed by atoms with Crippen LogP contribution in [0.2, 0.25) is 0 Å². The van der Waals surface area contributed by atoms with Gasteiger partial charge in [-0.3, -0.25) is 0 Å². The molecule has 0 fully saturated rings. The van der Waals surface area contributed by atoms with Crippen molar-refractivity contribution in [3.05, 3.63) is 41.9 Å². The van der Waals surface area contributed by atoms with E-state index in [0.29, 0.717) is 0 Å². The van der Waals surface area contributed by atoms with E-state index >= 15 is 0 Å². The van der Waals surface area contributed by atoms with Crippen LogP contribution in [0.5, 0.6) is 0 Å². The summed E-state index contributed by atoms with van der Waals surface area (Å²) in [5, 5.41) is 1.33. The Kier molecular flexibility index (Phi) is 3.84. The SMILES string of the molecule is C=CC[n+]1c(C)sc2ccccc21.[Br-]. The minimum atomic E-state index is 0. The smallest absolute Gasteiger partial charge is 0.235 e. The van der Waals surface area contributed by atoms with Crippen LogP contribution in [-0.4, -0.2) is 0 Å². The van der Waals surface area contributed by atoms with Gasteiger partial charge < -0.3 is 17.0 Å². The van der Waals surface area contributed by atoms with Crippen molar-refractivity contribution >= 4 is 21.6 Å². The number of para-hydroxylation sites is 1. The maximum Gasteiger partial charge on any atom is 0.235 e. The molecule has 1 heterocycles. The van der Waals surface area contributed by atoms with Gasteiger partial charge >= 0.3 is 0 Å². The molecular formula is C11H12BrNS. The normalized spacial score (nSPS) is 9.79. The van der Waals surface area contributed by atoms with Crippen molar-refractivity contribution in [2.45, 2.75) is 13.5 Å². The number of allylic oxidation sites excluding steroid dienone is 1. The zero-order valence-corrected chi connectivity index (χ0v) is 10.4. The molecule has 0 unspecified atom stereocenters. The summed E-state index contributed by atoms with van der Waals surface area (Å²) in [5.74, 6) is 0. The van der Waals surface area contributed by atoms with Crippen molar-refractivity contribution in [1.82, 2.24) is 0 Å². The molecule has 2 rings (SSSR count). The van der Waals surface area contributed by atoms with E-state index in [2.05, 4.69) is 42.3 Å². The number of nitrogens with zero attached hydrogens (tertiary/aromatic N) is 1. The average molecular weight is 270 g/mol. The molecule has 1 nitrogen and oxygen atoms in total. The highest BCUT2D eigenvalue weighted by Crippen LogP contribution is 2.18. The zero-order valence-electron chi connectivity index (χ0n) is 8.03. The lowest BCUT2D eigenvalue weighted by Gasteiger charge is -1.89. The van der Waals surface area contributed by atoms with Crippen LogP contribution in [0, 0.1) is 6.92 Å². The minimum Gasteiger partial charge on any atom is -1.00 e. The first-order valence-corrected chi connectivity index (χ1v) is 5.13. The fourth-order valence-electron chi connectivity index (χ4n) is 1.51. The van der Waals surface area contributed by atoms with Gasteiger partial charge in [-0.05, 0) is 12.1 Å². The molecule has 0 N–H and O–H groups in total. The molecule has 0 saturated heterocycles. The summed E-state index contributed by atoms with van der Waals surface area (Å²) < 4.78 is 3.63. The van der Waals surface area contributed by atoms with Gasteiger partial charge in [0.2, 0.25) is 10.5 Å². The lowest BCUT2D eigenvalue weighted by atomic mass is 10.3. The quantitative estimate of drug-likeness (QED) is 0.520. The lowest BCUT2D eigenvalue weighted by Crippen LogP contribution is -3.00. The van der Waals surface area contributed by atoms with Crippen molar-refractivity contribution < 1.29 is 21.5 Å². The van der Waals surface area contributed by atoms with Crippen molar-refractivity contribution in [2.75, 3.05) is 0 Å². The Labute approximate surface area is 98.5 Å². The second-order valence-corrected chi connectivity index (χ2v) is 4.22. The summed E-state index contributed by atoms with van der Waals surface area (Å²) in [5.41, 5.74) is 1.31. The van der Waals surface area contributed by atoms with Crippen LogP contribution in [0.1, 0.15) is 5.01 Å². The molecule has 0 atom stereocenters. The first kappa shape index (κ1) is 11.4. The summed E-state index contributed by atoms with van der Waals surface area (Å²) in [6.45, 7) is 6.81. The molecule has 1 aromatic carbocycles. The molecule has 0 spiro atoms. The molecule has 74 valence electrons. The van der Waals surface area contributed by atoms with Crippen LogP contribution < -0.4 is 21.5 Å². The molecule has 1 aromatic heterocycles. The fraction of sp³-hybridized carbons (Fsp3) is 0.182. The van der Waals surface area contributed by atoms with E-state index in [4.69, 9.17) is 0 Å². The maximum absolute atomic E-state index is 3.77. The molecule has 0 aliphatic carbocycles.